The fourth-order valence-electron chi connectivity index (χ4n) is 7.50. The van der Waals surface area contributed by atoms with Gasteiger partial charge in [0.2, 0.25) is 5.88 Å². The first-order valence-corrected chi connectivity index (χ1v) is 15.8. The molecule has 202 valence electrons. The van der Waals surface area contributed by atoms with E-state index in [0.29, 0.717) is 0 Å². The minimum absolute atomic E-state index is 0.0467. The quantitative estimate of drug-likeness (QED) is 0.194. The molecule has 0 spiro atoms. The van der Waals surface area contributed by atoms with Crippen molar-refractivity contribution in [1.29, 1.82) is 0 Å². The molecule has 2 aromatic heterocycles. The zero-order valence-corrected chi connectivity index (χ0v) is 24.1. The van der Waals surface area contributed by atoms with E-state index in [1.807, 2.05) is 11.3 Å². The molecule has 0 fully saturated rings. The van der Waals surface area contributed by atoms with Gasteiger partial charge in [-0.05, 0) is 78.4 Å². The molecule has 0 saturated heterocycles. The van der Waals surface area contributed by atoms with Gasteiger partial charge >= 0.3 is 0 Å². The summed E-state index contributed by atoms with van der Waals surface area (Å²) in [4.78, 5) is 4.81. The summed E-state index contributed by atoms with van der Waals surface area (Å²) in [7, 11) is 0. The topological polar surface area (TPSA) is 19.6 Å². The Kier molecular flexibility index (Phi) is 4.80. The van der Waals surface area contributed by atoms with Crippen LogP contribution in [0.3, 0.4) is 0 Å². The molecule has 43 heavy (non-hydrogen) atoms. The lowest BCUT2D eigenvalue weighted by molar-refractivity contribution is 0.623. The smallest absolute Gasteiger partial charge is 0.257 e. The maximum Gasteiger partial charge on any atom is 0.257 e. The van der Waals surface area contributed by atoms with Crippen LogP contribution in [0.25, 0.3) is 31.1 Å². The molecule has 7 aromatic rings. The van der Waals surface area contributed by atoms with Crippen LogP contribution < -0.4 is 26.2 Å². The second-order valence-corrected chi connectivity index (χ2v) is 12.7. The first-order chi connectivity index (χ1) is 21.3. The maximum absolute atomic E-state index is 6.97. The predicted molar refractivity (Wildman–Crippen MR) is 183 cm³/mol. The molecule has 3 aliphatic rings. The van der Waals surface area contributed by atoms with Gasteiger partial charge in [0.05, 0.1) is 0 Å². The standard InChI is InChI=1S/C38H25BN2OS/c1-3-12-24(13-4-1)40-30-18-9-8-17-29(30)39-36-28-22-27-26-16-7-10-21-34(26)43-35(27)23-33(28)42-38(36)41(25-14-5-2-6-15-25)32-20-11-19-31(40)37(32)39/h2-3,5-23H,1,4H2. The van der Waals surface area contributed by atoms with Gasteiger partial charge in [0.1, 0.15) is 5.58 Å². The molecule has 5 aromatic carbocycles. The summed E-state index contributed by atoms with van der Waals surface area (Å²) in [5.74, 6) is 0.915. The Morgan fingerprint density at radius 3 is 2.30 bits per heavy atom. The van der Waals surface area contributed by atoms with Crippen LogP contribution in [-0.2, 0) is 0 Å². The van der Waals surface area contributed by atoms with Gasteiger partial charge in [-0.25, -0.2) is 0 Å². The molecule has 5 heteroatoms. The van der Waals surface area contributed by atoms with Gasteiger partial charge in [0.25, 0.3) is 6.71 Å². The second-order valence-electron chi connectivity index (χ2n) is 11.6. The summed E-state index contributed by atoms with van der Waals surface area (Å²) in [5, 5.41) is 3.80. The Morgan fingerprint density at radius 1 is 0.628 bits per heavy atom. The molecule has 4 heterocycles. The zero-order chi connectivity index (χ0) is 28.1. The molecule has 0 saturated carbocycles. The van der Waals surface area contributed by atoms with E-state index >= 15 is 0 Å². The lowest BCUT2D eigenvalue weighted by Gasteiger charge is -2.42. The Labute approximate surface area is 253 Å². The molecule has 0 unspecified atom stereocenters. The third-order valence-electron chi connectivity index (χ3n) is 9.27. The van der Waals surface area contributed by atoms with Crippen LogP contribution in [0.2, 0.25) is 0 Å². The number of anilines is 5. The lowest BCUT2D eigenvalue weighted by atomic mass is 9.33. The van der Waals surface area contributed by atoms with Gasteiger partial charge in [0.15, 0.2) is 0 Å². The summed E-state index contributed by atoms with van der Waals surface area (Å²) >= 11 is 1.84. The molecule has 0 amide bonds. The van der Waals surface area contributed by atoms with Crippen LogP contribution in [0, 0.1) is 0 Å². The van der Waals surface area contributed by atoms with Crippen molar-refractivity contribution in [3.8, 4) is 0 Å². The summed E-state index contributed by atoms with van der Waals surface area (Å²) in [5.41, 5.74) is 10.8. The van der Waals surface area contributed by atoms with E-state index in [4.69, 9.17) is 4.42 Å². The van der Waals surface area contributed by atoms with Gasteiger partial charge in [-0.2, -0.15) is 0 Å². The van der Waals surface area contributed by atoms with E-state index in [1.165, 1.54) is 64.7 Å². The van der Waals surface area contributed by atoms with Crippen molar-refractivity contribution in [1.82, 2.24) is 0 Å². The third kappa shape index (κ3) is 3.20. The van der Waals surface area contributed by atoms with Crippen LogP contribution in [0.1, 0.15) is 12.8 Å². The van der Waals surface area contributed by atoms with Crippen molar-refractivity contribution in [3.05, 3.63) is 133 Å². The minimum Gasteiger partial charge on any atom is -0.440 e. The molecule has 10 rings (SSSR count). The number of para-hydroxylation sites is 2. The molecule has 0 bridgehead atoms. The summed E-state index contributed by atoms with van der Waals surface area (Å²) < 4.78 is 9.54. The fraction of sp³-hybridized carbons (Fsp3) is 0.0526. The molecule has 0 atom stereocenters. The minimum atomic E-state index is 0.0467. The summed E-state index contributed by atoms with van der Waals surface area (Å²) in [6.45, 7) is 0.0467. The predicted octanol–water partition coefficient (Wildman–Crippen LogP) is 8.79. The van der Waals surface area contributed by atoms with Crippen molar-refractivity contribution < 1.29 is 4.42 Å². The molecule has 0 radical (unpaired) electrons. The maximum atomic E-state index is 6.97. The van der Waals surface area contributed by atoms with E-state index in [-0.39, 0.29) is 6.71 Å². The van der Waals surface area contributed by atoms with Crippen LogP contribution in [0.4, 0.5) is 28.6 Å². The van der Waals surface area contributed by atoms with Gasteiger partial charge in [-0.15, -0.1) is 11.3 Å². The Morgan fingerprint density at radius 2 is 1.42 bits per heavy atom. The number of nitrogens with zero attached hydrogens (tertiary/aromatic N) is 2. The SMILES string of the molecule is C1=CC(N2c3ccccc3B3c4c2cccc4N(c2ccccc2)c2oc4cc5sc6ccccc6c5cc4c23)=CCC1. The van der Waals surface area contributed by atoms with Gasteiger partial charge in [-0.1, -0.05) is 72.8 Å². The molecule has 2 aliphatic heterocycles. The van der Waals surface area contributed by atoms with Crippen molar-refractivity contribution in [2.75, 3.05) is 9.80 Å². The van der Waals surface area contributed by atoms with Crippen LogP contribution in [0.5, 0.6) is 0 Å². The van der Waals surface area contributed by atoms with Crippen LogP contribution >= 0.6 is 11.3 Å². The Balaban J connectivity index is 1.34. The number of furan rings is 1. The number of thiophene rings is 1. The van der Waals surface area contributed by atoms with Crippen molar-refractivity contribution in [2.45, 2.75) is 12.8 Å². The third-order valence-corrected chi connectivity index (χ3v) is 10.4. The molecule has 1 aliphatic carbocycles. The second kappa shape index (κ2) is 8.76. The fourth-order valence-corrected chi connectivity index (χ4v) is 8.62. The monoisotopic (exact) mass is 568 g/mol. The highest BCUT2D eigenvalue weighted by molar-refractivity contribution is 7.25. The largest absolute Gasteiger partial charge is 0.440 e. The van der Waals surface area contributed by atoms with Crippen LogP contribution in [0.15, 0.2) is 138 Å². The summed E-state index contributed by atoms with van der Waals surface area (Å²) in [6.07, 6.45) is 9.11. The Hall–Kier alpha value is -5.00. The number of hydrogen-bond donors (Lipinski definition) is 0. The normalized spacial score (nSPS) is 15.2. The first kappa shape index (κ1) is 23.6. The van der Waals surface area contributed by atoms with E-state index in [0.717, 1.165) is 30.0 Å². The van der Waals surface area contributed by atoms with E-state index in [1.54, 1.807) is 0 Å². The molecular weight excluding hydrogens is 543 g/mol. The zero-order valence-electron chi connectivity index (χ0n) is 23.3. The lowest BCUT2D eigenvalue weighted by Crippen LogP contribution is -2.61. The van der Waals surface area contributed by atoms with Crippen molar-refractivity contribution >= 4 is 94.2 Å². The van der Waals surface area contributed by atoms with Crippen molar-refractivity contribution in [2.24, 2.45) is 0 Å². The number of rotatable bonds is 2. The first-order valence-electron chi connectivity index (χ1n) is 15.0. The average Bonchev–Trinajstić information content (AvgIpc) is 3.61. The van der Waals surface area contributed by atoms with E-state index in [9.17, 15) is 0 Å². The number of benzene rings is 5. The highest BCUT2D eigenvalue weighted by atomic mass is 32.1. The number of fused-ring (bicyclic) bond motifs is 9. The van der Waals surface area contributed by atoms with E-state index in [2.05, 4.69) is 137 Å². The van der Waals surface area contributed by atoms with Gasteiger partial charge in [0, 0.05) is 59.5 Å². The molecule has 0 N–H and O–H groups in total. The Bertz CT molecular complexity index is 2330. The molecular formula is C38H25BN2OS. The number of hydrogen-bond acceptors (Lipinski definition) is 4. The van der Waals surface area contributed by atoms with Crippen LogP contribution in [-0.4, -0.2) is 6.71 Å². The van der Waals surface area contributed by atoms with Gasteiger partial charge in [-0.3, -0.25) is 4.90 Å². The average molecular weight is 569 g/mol. The van der Waals surface area contributed by atoms with E-state index < -0.39 is 0 Å². The highest BCUT2D eigenvalue weighted by Crippen LogP contribution is 2.46. The highest BCUT2D eigenvalue weighted by Gasteiger charge is 2.46. The number of allylic oxidation sites excluding steroid dienone is 3. The molecule has 3 nitrogen and oxygen atoms in total. The summed E-state index contributed by atoms with van der Waals surface area (Å²) in [6, 6.07) is 39.8. The van der Waals surface area contributed by atoms with Crippen molar-refractivity contribution in [3.63, 3.8) is 0 Å². The van der Waals surface area contributed by atoms with Gasteiger partial charge < -0.3 is 9.32 Å².